The van der Waals surface area contributed by atoms with E-state index >= 15 is 0 Å². The van der Waals surface area contributed by atoms with E-state index in [0.717, 1.165) is 12.1 Å². The number of nitrogens with one attached hydrogen (secondary N) is 1. The third-order valence-electron chi connectivity index (χ3n) is 3.04. The molecule has 2 aromatic carbocycles. The van der Waals surface area contributed by atoms with Crippen molar-refractivity contribution in [2.75, 3.05) is 12.1 Å². The Bertz CT molecular complexity index is 778. The Kier molecular flexibility index (Phi) is 3.34. The molecule has 1 heterocycles. The van der Waals surface area contributed by atoms with Gasteiger partial charge in [-0.3, -0.25) is 14.9 Å². The van der Waals surface area contributed by atoms with E-state index in [1.54, 1.807) is 6.07 Å². The van der Waals surface area contributed by atoms with Crippen LogP contribution in [0.2, 0.25) is 0 Å². The van der Waals surface area contributed by atoms with E-state index in [4.69, 9.17) is 9.47 Å². The zero-order valence-electron chi connectivity index (χ0n) is 11.0. The summed E-state index contributed by atoms with van der Waals surface area (Å²) in [6.07, 6.45) is 0. The summed E-state index contributed by atoms with van der Waals surface area (Å²) in [6.45, 7) is 0.0879. The van der Waals surface area contributed by atoms with Gasteiger partial charge in [0.15, 0.2) is 11.5 Å². The van der Waals surface area contributed by atoms with E-state index in [1.807, 2.05) is 0 Å². The quantitative estimate of drug-likeness (QED) is 0.695. The van der Waals surface area contributed by atoms with Crippen LogP contribution >= 0.6 is 0 Å². The SMILES string of the molecule is O=C(Nc1ccc(F)c([N+](=O)[O-])c1)c1ccc2c(c1)OCO2. The number of fused-ring (bicyclic) bond motifs is 1. The van der Waals surface area contributed by atoms with Crippen molar-refractivity contribution >= 4 is 17.3 Å². The normalized spacial score (nSPS) is 12.0. The molecule has 1 aliphatic heterocycles. The Morgan fingerprint density at radius 2 is 1.95 bits per heavy atom. The first-order valence-corrected chi connectivity index (χ1v) is 6.19. The van der Waals surface area contributed by atoms with E-state index in [0.29, 0.717) is 11.5 Å². The molecule has 1 aliphatic rings. The molecule has 0 bridgehead atoms. The van der Waals surface area contributed by atoms with Crippen LogP contribution in [0.1, 0.15) is 10.4 Å². The average molecular weight is 304 g/mol. The summed E-state index contributed by atoms with van der Waals surface area (Å²) in [5, 5.41) is 13.1. The molecular weight excluding hydrogens is 295 g/mol. The number of carbonyl (C=O) groups is 1. The Labute approximate surface area is 123 Å². The van der Waals surface area contributed by atoms with Crippen molar-refractivity contribution < 1.29 is 23.6 Å². The fraction of sp³-hybridized carbons (Fsp3) is 0.0714. The van der Waals surface area contributed by atoms with Gasteiger partial charge in [0.05, 0.1) is 4.92 Å². The molecule has 0 aromatic heterocycles. The minimum atomic E-state index is -0.967. The fourth-order valence-corrected chi connectivity index (χ4v) is 1.97. The van der Waals surface area contributed by atoms with Crippen molar-refractivity contribution in [1.82, 2.24) is 0 Å². The summed E-state index contributed by atoms with van der Waals surface area (Å²) < 4.78 is 23.5. The van der Waals surface area contributed by atoms with Gasteiger partial charge in [-0.2, -0.15) is 4.39 Å². The average Bonchev–Trinajstić information content (AvgIpc) is 2.96. The summed E-state index contributed by atoms with van der Waals surface area (Å²) in [5.74, 6) is -0.489. The number of benzene rings is 2. The summed E-state index contributed by atoms with van der Waals surface area (Å²) in [7, 11) is 0. The molecule has 8 heteroatoms. The first-order valence-electron chi connectivity index (χ1n) is 6.19. The number of anilines is 1. The van der Waals surface area contributed by atoms with Gasteiger partial charge in [0.25, 0.3) is 5.91 Å². The van der Waals surface area contributed by atoms with E-state index in [-0.39, 0.29) is 18.0 Å². The summed E-state index contributed by atoms with van der Waals surface area (Å²) in [4.78, 5) is 21.9. The number of hydrogen-bond donors (Lipinski definition) is 1. The molecule has 0 aliphatic carbocycles. The predicted octanol–water partition coefficient (Wildman–Crippen LogP) is 2.71. The number of halogens is 1. The van der Waals surface area contributed by atoms with Crippen LogP contribution in [0.25, 0.3) is 0 Å². The number of nitro benzene ring substituents is 1. The molecule has 0 saturated heterocycles. The second kappa shape index (κ2) is 5.32. The summed E-state index contributed by atoms with van der Waals surface area (Å²) in [6, 6.07) is 7.74. The lowest BCUT2D eigenvalue weighted by molar-refractivity contribution is -0.387. The lowest BCUT2D eigenvalue weighted by Crippen LogP contribution is -2.12. The highest BCUT2D eigenvalue weighted by Crippen LogP contribution is 2.32. The molecule has 0 spiro atoms. The van der Waals surface area contributed by atoms with Gasteiger partial charge in [0.1, 0.15) is 0 Å². The van der Waals surface area contributed by atoms with Crippen LogP contribution in [-0.2, 0) is 0 Å². The van der Waals surface area contributed by atoms with Crippen molar-refractivity contribution in [2.24, 2.45) is 0 Å². The van der Waals surface area contributed by atoms with Gasteiger partial charge in [-0.15, -0.1) is 0 Å². The molecule has 0 unspecified atom stereocenters. The smallest absolute Gasteiger partial charge is 0.306 e. The maximum Gasteiger partial charge on any atom is 0.306 e. The van der Waals surface area contributed by atoms with Gasteiger partial charge in [0, 0.05) is 17.3 Å². The Balaban J connectivity index is 1.82. The number of hydrogen-bond acceptors (Lipinski definition) is 5. The molecule has 0 radical (unpaired) electrons. The summed E-state index contributed by atoms with van der Waals surface area (Å²) >= 11 is 0. The predicted molar refractivity (Wildman–Crippen MR) is 73.6 cm³/mol. The standard InChI is InChI=1S/C14H9FN2O5/c15-10-3-2-9(6-11(10)17(19)20)16-14(18)8-1-4-12-13(5-8)22-7-21-12/h1-6H,7H2,(H,16,18). The van der Waals surface area contributed by atoms with Crippen molar-refractivity contribution in [2.45, 2.75) is 0 Å². The number of rotatable bonds is 3. The molecule has 2 aromatic rings. The zero-order valence-corrected chi connectivity index (χ0v) is 11.0. The lowest BCUT2D eigenvalue weighted by atomic mass is 10.2. The molecule has 7 nitrogen and oxygen atoms in total. The van der Waals surface area contributed by atoms with Crippen LogP contribution in [0.15, 0.2) is 36.4 Å². The minimum Gasteiger partial charge on any atom is -0.454 e. The Hall–Kier alpha value is -3.16. The van der Waals surface area contributed by atoms with Crippen LogP contribution in [0.3, 0.4) is 0 Å². The molecule has 0 fully saturated rings. The van der Waals surface area contributed by atoms with Crippen LogP contribution < -0.4 is 14.8 Å². The monoisotopic (exact) mass is 304 g/mol. The second-order valence-corrected chi connectivity index (χ2v) is 4.45. The lowest BCUT2D eigenvalue weighted by Gasteiger charge is -2.06. The molecule has 22 heavy (non-hydrogen) atoms. The van der Waals surface area contributed by atoms with Gasteiger partial charge >= 0.3 is 5.69 Å². The number of nitro groups is 1. The molecular formula is C14H9FN2O5. The fourth-order valence-electron chi connectivity index (χ4n) is 1.97. The minimum absolute atomic E-state index is 0.0879. The topological polar surface area (TPSA) is 90.7 Å². The molecule has 1 N–H and O–H groups in total. The Morgan fingerprint density at radius 3 is 2.73 bits per heavy atom. The molecule has 112 valence electrons. The van der Waals surface area contributed by atoms with E-state index in [2.05, 4.69) is 5.32 Å². The van der Waals surface area contributed by atoms with Crippen molar-refractivity contribution in [3.8, 4) is 11.5 Å². The van der Waals surface area contributed by atoms with E-state index in [1.165, 1.54) is 18.2 Å². The van der Waals surface area contributed by atoms with Gasteiger partial charge in [-0.25, -0.2) is 0 Å². The maximum atomic E-state index is 13.2. The molecule has 1 amide bonds. The van der Waals surface area contributed by atoms with Crippen LogP contribution in [0.4, 0.5) is 15.8 Å². The molecule has 0 atom stereocenters. The third-order valence-corrected chi connectivity index (χ3v) is 3.04. The number of ether oxygens (including phenoxy) is 2. The second-order valence-electron chi connectivity index (χ2n) is 4.45. The number of amides is 1. The van der Waals surface area contributed by atoms with Crippen molar-refractivity contribution in [1.29, 1.82) is 0 Å². The largest absolute Gasteiger partial charge is 0.454 e. The summed E-state index contributed by atoms with van der Waals surface area (Å²) in [5.41, 5.74) is -0.296. The van der Waals surface area contributed by atoms with Crippen LogP contribution in [0.5, 0.6) is 11.5 Å². The van der Waals surface area contributed by atoms with Gasteiger partial charge in [0.2, 0.25) is 12.6 Å². The van der Waals surface area contributed by atoms with E-state index in [9.17, 15) is 19.3 Å². The Morgan fingerprint density at radius 1 is 1.18 bits per heavy atom. The van der Waals surface area contributed by atoms with Crippen molar-refractivity contribution in [3.63, 3.8) is 0 Å². The van der Waals surface area contributed by atoms with Crippen LogP contribution in [-0.4, -0.2) is 17.6 Å². The van der Waals surface area contributed by atoms with Crippen molar-refractivity contribution in [3.05, 3.63) is 57.9 Å². The molecule has 0 saturated carbocycles. The first kappa shape index (κ1) is 13.8. The van der Waals surface area contributed by atoms with Gasteiger partial charge in [-0.1, -0.05) is 0 Å². The first-order chi connectivity index (χ1) is 10.5. The van der Waals surface area contributed by atoms with Gasteiger partial charge < -0.3 is 14.8 Å². The number of carbonyl (C=O) groups excluding carboxylic acids is 1. The van der Waals surface area contributed by atoms with Gasteiger partial charge in [-0.05, 0) is 30.3 Å². The third kappa shape index (κ3) is 2.53. The maximum absolute atomic E-state index is 13.2. The highest BCUT2D eigenvalue weighted by atomic mass is 19.1. The number of nitrogens with zero attached hydrogens (tertiary/aromatic N) is 1. The highest BCUT2D eigenvalue weighted by molar-refractivity contribution is 6.04. The molecule has 3 rings (SSSR count). The van der Waals surface area contributed by atoms with Crippen LogP contribution in [0, 0.1) is 15.9 Å². The highest BCUT2D eigenvalue weighted by Gasteiger charge is 2.18. The zero-order chi connectivity index (χ0) is 15.7. The van der Waals surface area contributed by atoms with E-state index < -0.39 is 22.3 Å².